The smallest absolute Gasteiger partial charge is 0.136 e. The normalized spacial score (nSPS) is 11.5. The van der Waals surface area contributed by atoms with Crippen LogP contribution in [0.5, 0.6) is 0 Å². The quantitative estimate of drug-likeness (QED) is 0.144. The van der Waals surface area contributed by atoms with E-state index >= 15 is 0 Å². The molecular weight excluding hydrogens is 837 g/mol. The van der Waals surface area contributed by atoms with Crippen LogP contribution in [-0.2, 0) is 0 Å². The van der Waals surface area contributed by atoms with Crippen LogP contribution in [-0.4, -0.2) is 4.57 Å². The minimum atomic E-state index is 0.894. The van der Waals surface area contributed by atoms with E-state index in [2.05, 4.69) is 264 Å². The zero-order valence-electron chi connectivity index (χ0n) is 37.7. The Balaban J connectivity index is 0.854. The van der Waals surface area contributed by atoms with E-state index in [4.69, 9.17) is 4.42 Å². The lowest BCUT2D eigenvalue weighted by molar-refractivity contribution is 0.669. The zero-order valence-corrected chi connectivity index (χ0v) is 37.7. The SMILES string of the molecule is c1ccc(-c2ccccc2-c2ccccc2N(c2ccc(-c3ccc(-c4ccc(-n5c6ccccc6c6ccccc65)cc4)cc3)cc2)c2ccc(-c3cccc4oc5ccccc5c34)cc2)cc1. The van der Waals surface area contributed by atoms with Gasteiger partial charge >= 0.3 is 0 Å². The monoisotopic (exact) mass is 880 g/mol. The van der Waals surface area contributed by atoms with Gasteiger partial charge in [-0.25, -0.2) is 0 Å². The summed E-state index contributed by atoms with van der Waals surface area (Å²) in [6.07, 6.45) is 0. The van der Waals surface area contributed by atoms with Crippen LogP contribution in [0, 0.1) is 0 Å². The van der Waals surface area contributed by atoms with Crippen molar-refractivity contribution in [1.82, 2.24) is 4.57 Å². The predicted molar refractivity (Wildman–Crippen MR) is 290 cm³/mol. The third-order valence-corrected chi connectivity index (χ3v) is 13.7. The van der Waals surface area contributed by atoms with Crippen molar-refractivity contribution >= 4 is 60.8 Å². The average molecular weight is 881 g/mol. The van der Waals surface area contributed by atoms with Crippen molar-refractivity contribution in [3.8, 4) is 61.3 Å². The summed E-state index contributed by atoms with van der Waals surface area (Å²) in [4.78, 5) is 2.39. The third kappa shape index (κ3) is 7.08. The number of para-hydroxylation sites is 4. The summed E-state index contributed by atoms with van der Waals surface area (Å²) >= 11 is 0. The summed E-state index contributed by atoms with van der Waals surface area (Å²) in [6, 6.07) is 96.0. The van der Waals surface area contributed by atoms with E-state index in [9.17, 15) is 0 Å². The molecule has 0 saturated heterocycles. The van der Waals surface area contributed by atoms with Gasteiger partial charge in [0.25, 0.3) is 0 Å². The molecule has 0 aliphatic heterocycles. The first-order valence-corrected chi connectivity index (χ1v) is 23.6. The van der Waals surface area contributed by atoms with Gasteiger partial charge in [0.05, 0.1) is 16.7 Å². The van der Waals surface area contributed by atoms with E-state index in [0.29, 0.717) is 0 Å². The first-order valence-electron chi connectivity index (χ1n) is 23.6. The molecule has 0 aliphatic carbocycles. The van der Waals surface area contributed by atoms with Gasteiger partial charge in [-0.2, -0.15) is 0 Å². The Morgan fingerprint density at radius 1 is 0.275 bits per heavy atom. The molecule has 0 atom stereocenters. The van der Waals surface area contributed by atoms with Crippen molar-refractivity contribution in [2.45, 2.75) is 0 Å². The van der Waals surface area contributed by atoms with Gasteiger partial charge in [0, 0.05) is 44.2 Å². The van der Waals surface area contributed by atoms with Gasteiger partial charge in [-0.15, -0.1) is 0 Å². The van der Waals surface area contributed by atoms with Crippen molar-refractivity contribution < 1.29 is 4.42 Å². The summed E-state index contributed by atoms with van der Waals surface area (Å²) in [5.74, 6) is 0. The summed E-state index contributed by atoms with van der Waals surface area (Å²) < 4.78 is 8.65. The highest BCUT2D eigenvalue weighted by atomic mass is 16.3. The van der Waals surface area contributed by atoms with E-state index < -0.39 is 0 Å². The van der Waals surface area contributed by atoms with Crippen molar-refractivity contribution in [1.29, 1.82) is 0 Å². The molecule has 0 aliphatic rings. The molecule has 0 radical (unpaired) electrons. The summed E-state index contributed by atoms with van der Waals surface area (Å²) in [7, 11) is 0. The Labute approximate surface area is 401 Å². The number of furan rings is 1. The number of fused-ring (bicyclic) bond motifs is 6. The van der Waals surface area contributed by atoms with Crippen LogP contribution in [0.4, 0.5) is 17.1 Å². The van der Waals surface area contributed by atoms with Crippen LogP contribution in [0.15, 0.2) is 271 Å². The maximum atomic E-state index is 6.28. The van der Waals surface area contributed by atoms with Crippen molar-refractivity contribution in [2.24, 2.45) is 0 Å². The molecule has 0 bridgehead atoms. The minimum Gasteiger partial charge on any atom is -0.456 e. The Hall–Kier alpha value is -9.18. The van der Waals surface area contributed by atoms with Gasteiger partial charge in [0.2, 0.25) is 0 Å². The Morgan fingerprint density at radius 3 is 1.35 bits per heavy atom. The Kier molecular flexibility index (Phi) is 9.84. The second-order valence-electron chi connectivity index (χ2n) is 17.6. The van der Waals surface area contributed by atoms with Gasteiger partial charge in [-0.05, 0) is 117 Å². The number of hydrogen-bond acceptors (Lipinski definition) is 2. The molecule has 324 valence electrons. The molecule has 13 rings (SSSR count). The molecule has 2 heterocycles. The van der Waals surface area contributed by atoms with Crippen LogP contribution >= 0.6 is 0 Å². The maximum Gasteiger partial charge on any atom is 0.136 e. The standard InChI is InChI=1S/C66H44N2O/c1-2-15-49(16-3-1)54-17-4-5-18-56(54)57-19-6-10-24-61(57)67(52-43-37-50(38-44-52)55-23-14-28-65-66(55)60-22-9-13-27-64(60)69-65)51-39-33-47(34-40-51)45-29-31-46(32-30-45)48-35-41-53(42-36-48)68-62-25-11-7-20-58(62)59-21-8-12-26-63(59)68/h1-44H. The second-order valence-corrected chi connectivity index (χ2v) is 17.6. The molecule has 69 heavy (non-hydrogen) atoms. The Bertz CT molecular complexity index is 3920. The van der Waals surface area contributed by atoms with Crippen LogP contribution in [0.3, 0.4) is 0 Å². The molecule has 3 heteroatoms. The van der Waals surface area contributed by atoms with E-state index in [1.807, 2.05) is 12.1 Å². The first-order chi connectivity index (χ1) is 34.2. The van der Waals surface area contributed by atoms with E-state index in [-0.39, 0.29) is 0 Å². The van der Waals surface area contributed by atoms with Gasteiger partial charge in [0.1, 0.15) is 11.2 Å². The first kappa shape index (κ1) is 40.1. The molecule has 0 spiro atoms. The van der Waals surface area contributed by atoms with Crippen LogP contribution < -0.4 is 4.90 Å². The highest BCUT2D eigenvalue weighted by Gasteiger charge is 2.20. The van der Waals surface area contributed by atoms with Gasteiger partial charge in [0.15, 0.2) is 0 Å². The largest absolute Gasteiger partial charge is 0.456 e. The maximum absolute atomic E-state index is 6.28. The van der Waals surface area contributed by atoms with Crippen molar-refractivity contribution in [3.05, 3.63) is 267 Å². The third-order valence-electron chi connectivity index (χ3n) is 13.7. The summed E-state index contributed by atoms with van der Waals surface area (Å²) in [5.41, 5.74) is 20.3. The second kappa shape index (κ2) is 16.9. The fourth-order valence-electron chi connectivity index (χ4n) is 10.4. The topological polar surface area (TPSA) is 21.3 Å². The fourth-order valence-corrected chi connectivity index (χ4v) is 10.4. The molecule has 3 nitrogen and oxygen atoms in total. The van der Waals surface area contributed by atoms with E-state index in [0.717, 1.165) is 66.9 Å². The lowest BCUT2D eigenvalue weighted by Gasteiger charge is -2.29. The fraction of sp³-hybridized carbons (Fsp3) is 0. The van der Waals surface area contributed by atoms with Gasteiger partial charge in [-0.3, -0.25) is 0 Å². The molecule has 0 saturated carbocycles. The molecule has 0 fully saturated rings. The average Bonchev–Trinajstić information content (AvgIpc) is 3.98. The van der Waals surface area contributed by atoms with E-state index in [1.165, 1.54) is 55.2 Å². The highest BCUT2D eigenvalue weighted by Crippen LogP contribution is 2.45. The van der Waals surface area contributed by atoms with Crippen molar-refractivity contribution in [3.63, 3.8) is 0 Å². The molecule has 0 N–H and O–H groups in total. The van der Waals surface area contributed by atoms with Crippen LogP contribution in [0.2, 0.25) is 0 Å². The van der Waals surface area contributed by atoms with Crippen LogP contribution in [0.25, 0.3) is 105 Å². The Morgan fingerprint density at radius 2 is 0.710 bits per heavy atom. The van der Waals surface area contributed by atoms with Gasteiger partial charge in [-0.1, -0.05) is 200 Å². The molecule has 13 aromatic rings. The number of aromatic nitrogens is 1. The number of anilines is 3. The van der Waals surface area contributed by atoms with Crippen LogP contribution in [0.1, 0.15) is 0 Å². The number of benzene rings is 11. The number of rotatable bonds is 9. The molecule has 2 aromatic heterocycles. The summed E-state index contributed by atoms with van der Waals surface area (Å²) in [5, 5.41) is 4.80. The van der Waals surface area contributed by atoms with E-state index in [1.54, 1.807) is 0 Å². The zero-order chi connectivity index (χ0) is 45.7. The molecule has 11 aromatic carbocycles. The van der Waals surface area contributed by atoms with Crippen molar-refractivity contribution in [2.75, 3.05) is 4.90 Å². The lowest BCUT2D eigenvalue weighted by atomic mass is 9.93. The number of hydrogen-bond donors (Lipinski definition) is 0. The molecule has 0 amide bonds. The number of nitrogens with zero attached hydrogens (tertiary/aromatic N) is 2. The molecular formula is C66H44N2O. The van der Waals surface area contributed by atoms with Gasteiger partial charge < -0.3 is 13.9 Å². The highest BCUT2D eigenvalue weighted by molar-refractivity contribution is 6.12. The predicted octanol–water partition coefficient (Wildman–Crippen LogP) is 18.5. The lowest BCUT2D eigenvalue weighted by Crippen LogP contribution is -2.11. The minimum absolute atomic E-state index is 0.894. The summed E-state index contributed by atoms with van der Waals surface area (Å²) in [6.45, 7) is 0. The molecule has 0 unspecified atom stereocenters.